The van der Waals surface area contributed by atoms with Gasteiger partial charge in [-0.3, -0.25) is 4.79 Å². The van der Waals surface area contributed by atoms with E-state index in [-0.39, 0.29) is 11.5 Å². The van der Waals surface area contributed by atoms with Crippen LogP contribution >= 0.6 is 11.3 Å². The molecule has 1 rings (SSSR count). The van der Waals surface area contributed by atoms with Gasteiger partial charge in [0.1, 0.15) is 0 Å². The normalized spacial score (nSPS) is 11.7. The van der Waals surface area contributed by atoms with E-state index in [1.807, 2.05) is 19.9 Å². The van der Waals surface area contributed by atoms with Gasteiger partial charge in [-0.05, 0) is 19.9 Å². The molecule has 0 bridgehead atoms. The minimum absolute atomic E-state index is 0.177. The second-order valence-electron chi connectivity index (χ2n) is 4.23. The van der Waals surface area contributed by atoms with Crippen LogP contribution in [-0.2, 0) is 11.3 Å². The molecule has 0 aliphatic carbocycles. The van der Waals surface area contributed by atoms with Crippen molar-refractivity contribution in [2.24, 2.45) is 5.73 Å². The maximum atomic E-state index is 10.9. The van der Waals surface area contributed by atoms with Crippen LogP contribution in [0.2, 0.25) is 0 Å². The van der Waals surface area contributed by atoms with Gasteiger partial charge in [0.25, 0.3) is 0 Å². The molecule has 1 amide bonds. The number of nitrogens with one attached hydrogen (secondary N) is 1. The molecular formula is C11H18N2O2S. The Bertz CT molecular complexity index is 361. The Morgan fingerprint density at radius 3 is 2.81 bits per heavy atom. The second-order valence-corrected chi connectivity index (χ2v) is 5.23. The fraction of sp³-hybridized carbons (Fsp3) is 0.545. The topological polar surface area (TPSA) is 64.3 Å². The monoisotopic (exact) mass is 242 g/mol. The summed E-state index contributed by atoms with van der Waals surface area (Å²) in [6, 6.07) is 1.82. The van der Waals surface area contributed by atoms with Crippen molar-refractivity contribution < 1.29 is 9.53 Å². The highest BCUT2D eigenvalue weighted by Gasteiger charge is 2.15. The van der Waals surface area contributed by atoms with Crippen molar-refractivity contribution in [1.82, 2.24) is 5.32 Å². The van der Waals surface area contributed by atoms with Crippen LogP contribution < -0.4 is 11.1 Å². The van der Waals surface area contributed by atoms with E-state index in [1.54, 1.807) is 12.5 Å². The summed E-state index contributed by atoms with van der Waals surface area (Å²) in [5.74, 6) is -0.375. The number of carbonyl (C=O) groups excluding carboxylic acids is 1. The molecule has 0 atom stereocenters. The number of nitrogens with two attached hydrogens (primary N) is 1. The summed E-state index contributed by atoms with van der Waals surface area (Å²) < 4.78 is 5.29. The summed E-state index contributed by atoms with van der Waals surface area (Å²) in [5.41, 5.74) is 5.57. The average molecular weight is 242 g/mol. The van der Waals surface area contributed by atoms with E-state index < -0.39 is 0 Å². The van der Waals surface area contributed by atoms with Gasteiger partial charge in [-0.15, -0.1) is 11.3 Å². The number of hydrogen-bond donors (Lipinski definition) is 2. The Morgan fingerprint density at radius 1 is 1.62 bits per heavy atom. The number of hydrogen-bond acceptors (Lipinski definition) is 4. The van der Waals surface area contributed by atoms with Crippen molar-refractivity contribution >= 4 is 17.2 Å². The fourth-order valence-electron chi connectivity index (χ4n) is 1.16. The van der Waals surface area contributed by atoms with E-state index in [9.17, 15) is 4.79 Å². The van der Waals surface area contributed by atoms with Gasteiger partial charge in [-0.2, -0.15) is 0 Å². The second kappa shape index (κ2) is 5.43. The maximum absolute atomic E-state index is 10.9. The fourth-order valence-corrected chi connectivity index (χ4v) is 2.00. The van der Waals surface area contributed by atoms with Crippen LogP contribution in [0.1, 0.15) is 29.1 Å². The molecule has 1 aromatic heterocycles. The van der Waals surface area contributed by atoms with Crippen LogP contribution in [0.5, 0.6) is 0 Å². The van der Waals surface area contributed by atoms with Gasteiger partial charge < -0.3 is 15.8 Å². The van der Waals surface area contributed by atoms with Crippen molar-refractivity contribution in [3.8, 4) is 0 Å². The van der Waals surface area contributed by atoms with Crippen LogP contribution in [-0.4, -0.2) is 25.2 Å². The Hall–Kier alpha value is -0.910. The van der Waals surface area contributed by atoms with Gasteiger partial charge in [-0.25, -0.2) is 0 Å². The smallest absolute Gasteiger partial charge is 0.249 e. The summed E-state index contributed by atoms with van der Waals surface area (Å²) in [4.78, 5) is 12.0. The van der Waals surface area contributed by atoms with Crippen LogP contribution in [0.4, 0.5) is 0 Å². The molecule has 4 nitrogen and oxygen atoms in total. The highest BCUT2D eigenvalue weighted by atomic mass is 32.1. The van der Waals surface area contributed by atoms with Gasteiger partial charge in [0.15, 0.2) is 0 Å². The molecule has 0 fully saturated rings. The molecule has 0 saturated carbocycles. The molecule has 16 heavy (non-hydrogen) atoms. The van der Waals surface area contributed by atoms with Crippen molar-refractivity contribution in [3.05, 3.63) is 21.9 Å². The Morgan fingerprint density at radius 2 is 2.31 bits per heavy atom. The quantitative estimate of drug-likeness (QED) is 0.791. The summed E-state index contributed by atoms with van der Waals surface area (Å²) in [6.45, 7) is 5.52. The third-order valence-electron chi connectivity index (χ3n) is 2.34. The third kappa shape index (κ3) is 3.92. The molecule has 0 aromatic carbocycles. The Labute approximate surface area is 99.8 Å². The lowest BCUT2D eigenvalue weighted by Crippen LogP contribution is -2.36. The lowest BCUT2D eigenvalue weighted by Gasteiger charge is -2.22. The zero-order valence-corrected chi connectivity index (χ0v) is 10.7. The molecule has 5 heteroatoms. The maximum Gasteiger partial charge on any atom is 0.249 e. The molecule has 90 valence electrons. The minimum Gasteiger partial charge on any atom is -0.377 e. The van der Waals surface area contributed by atoms with E-state index >= 15 is 0 Å². The average Bonchev–Trinajstić information content (AvgIpc) is 2.66. The van der Waals surface area contributed by atoms with E-state index in [0.717, 1.165) is 18.0 Å². The molecule has 3 N–H and O–H groups in total. The van der Waals surface area contributed by atoms with Crippen LogP contribution in [0.15, 0.2) is 11.4 Å². The third-order valence-corrected chi connectivity index (χ3v) is 3.28. The zero-order chi connectivity index (χ0) is 12.2. The van der Waals surface area contributed by atoms with E-state index in [0.29, 0.717) is 5.56 Å². The summed E-state index contributed by atoms with van der Waals surface area (Å²) in [6.07, 6.45) is 0. The van der Waals surface area contributed by atoms with Gasteiger partial charge in [0.05, 0.1) is 11.2 Å². The molecule has 0 radical (unpaired) electrons. The van der Waals surface area contributed by atoms with E-state index in [2.05, 4.69) is 5.32 Å². The summed E-state index contributed by atoms with van der Waals surface area (Å²) >= 11 is 1.53. The minimum atomic E-state index is -0.375. The SMILES string of the molecule is COC(C)(C)CNCc1cc(C(N)=O)cs1. The molecule has 1 aromatic rings. The molecule has 0 aliphatic heterocycles. The molecule has 0 saturated heterocycles. The zero-order valence-electron chi connectivity index (χ0n) is 9.87. The first-order valence-electron chi connectivity index (χ1n) is 5.08. The number of amides is 1. The first-order valence-corrected chi connectivity index (χ1v) is 5.95. The van der Waals surface area contributed by atoms with Gasteiger partial charge in [-0.1, -0.05) is 0 Å². The van der Waals surface area contributed by atoms with Crippen LogP contribution in [0.3, 0.4) is 0 Å². The first-order chi connectivity index (χ1) is 7.44. The predicted octanol–water partition coefficient (Wildman–Crippen LogP) is 1.36. The number of ether oxygens (including phenoxy) is 1. The predicted molar refractivity (Wildman–Crippen MR) is 65.6 cm³/mol. The van der Waals surface area contributed by atoms with E-state index in [4.69, 9.17) is 10.5 Å². The van der Waals surface area contributed by atoms with Crippen molar-refractivity contribution in [2.75, 3.05) is 13.7 Å². The molecule has 0 aliphatic rings. The molecule has 0 unspecified atom stereocenters. The summed E-state index contributed by atoms with van der Waals surface area (Å²) in [5, 5.41) is 5.06. The lowest BCUT2D eigenvalue weighted by molar-refractivity contribution is 0.0231. The molecular weight excluding hydrogens is 224 g/mol. The lowest BCUT2D eigenvalue weighted by atomic mass is 10.1. The molecule has 1 heterocycles. The van der Waals surface area contributed by atoms with Crippen molar-refractivity contribution in [3.63, 3.8) is 0 Å². The first kappa shape index (κ1) is 13.2. The van der Waals surface area contributed by atoms with Gasteiger partial charge >= 0.3 is 0 Å². The van der Waals surface area contributed by atoms with Gasteiger partial charge in [0.2, 0.25) is 5.91 Å². The van der Waals surface area contributed by atoms with Crippen molar-refractivity contribution in [2.45, 2.75) is 26.0 Å². The highest BCUT2D eigenvalue weighted by molar-refractivity contribution is 7.10. The van der Waals surface area contributed by atoms with E-state index in [1.165, 1.54) is 11.3 Å². The Kier molecular flexibility index (Phi) is 4.46. The number of carbonyl (C=O) groups is 1. The number of methoxy groups -OCH3 is 1. The van der Waals surface area contributed by atoms with Crippen molar-refractivity contribution in [1.29, 1.82) is 0 Å². The molecule has 0 spiro atoms. The van der Waals surface area contributed by atoms with Crippen LogP contribution in [0, 0.1) is 0 Å². The number of rotatable bonds is 6. The number of primary amides is 1. The standard InChI is InChI=1S/C11H18N2O2S/c1-11(2,15-3)7-13-5-9-4-8(6-16-9)10(12)14/h4,6,13H,5,7H2,1-3H3,(H2,12,14). The Balaban J connectivity index is 2.40. The highest BCUT2D eigenvalue weighted by Crippen LogP contribution is 2.14. The van der Waals surface area contributed by atoms with Crippen LogP contribution in [0.25, 0.3) is 0 Å². The van der Waals surface area contributed by atoms with Gasteiger partial charge in [0, 0.05) is 30.5 Å². The largest absolute Gasteiger partial charge is 0.377 e. The number of thiophene rings is 1. The summed E-state index contributed by atoms with van der Waals surface area (Å²) in [7, 11) is 1.69.